The molecule has 2 aliphatic heterocycles. The average molecular weight is 386 g/mol. The lowest BCUT2D eigenvalue weighted by atomic mass is 9.68. The van der Waals surface area contributed by atoms with E-state index in [2.05, 4.69) is 17.9 Å². The van der Waals surface area contributed by atoms with E-state index in [0.29, 0.717) is 13.0 Å². The third-order valence-electron chi connectivity index (χ3n) is 5.89. The fraction of sp³-hybridized carbons (Fsp3) is 0.636. The van der Waals surface area contributed by atoms with E-state index in [1.54, 1.807) is 0 Å². The highest BCUT2D eigenvalue weighted by Gasteiger charge is 2.63. The number of β-amino-alcohol motifs (C(OH)–C–C–N with tert-alkyl or cyclic N) is 1. The second-order valence-corrected chi connectivity index (χ2v) is 9.19. The van der Waals surface area contributed by atoms with Crippen LogP contribution in [0.15, 0.2) is 30.3 Å². The van der Waals surface area contributed by atoms with Gasteiger partial charge in [0, 0.05) is 12.6 Å². The van der Waals surface area contributed by atoms with Gasteiger partial charge in [-0.1, -0.05) is 30.3 Å². The van der Waals surface area contributed by atoms with Crippen molar-refractivity contribution in [1.82, 2.24) is 9.80 Å². The Bertz CT molecular complexity index is 747. The van der Waals surface area contributed by atoms with Gasteiger partial charge in [0.1, 0.15) is 16.7 Å². The van der Waals surface area contributed by atoms with Gasteiger partial charge >= 0.3 is 6.09 Å². The van der Waals surface area contributed by atoms with Crippen molar-refractivity contribution in [2.75, 3.05) is 13.1 Å². The maximum Gasteiger partial charge on any atom is 0.410 e. The Balaban J connectivity index is 1.82. The molecule has 0 spiro atoms. The molecule has 152 valence electrons. The number of nitrogens with zero attached hydrogens (tertiary/aromatic N) is 3. The number of piperidine rings is 1. The van der Waals surface area contributed by atoms with Gasteiger partial charge in [0.2, 0.25) is 0 Å². The summed E-state index contributed by atoms with van der Waals surface area (Å²) in [6.07, 6.45) is 2.03. The Labute approximate surface area is 167 Å². The first-order valence-corrected chi connectivity index (χ1v) is 10.0. The molecule has 0 unspecified atom stereocenters. The molecule has 1 N–H and O–H groups in total. The second kappa shape index (κ2) is 7.38. The number of hydrogen-bond donors (Lipinski definition) is 1. The summed E-state index contributed by atoms with van der Waals surface area (Å²) >= 11 is 0. The second-order valence-electron chi connectivity index (χ2n) is 9.19. The first-order valence-electron chi connectivity index (χ1n) is 10.0. The van der Waals surface area contributed by atoms with Crippen molar-refractivity contribution in [3.05, 3.63) is 35.9 Å². The number of benzene rings is 1. The van der Waals surface area contributed by atoms with Crippen LogP contribution in [0.4, 0.5) is 4.79 Å². The van der Waals surface area contributed by atoms with Crippen molar-refractivity contribution in [3.63, 3.8) is 0 Å². The molecule has 2 heterocycles. The minimum absolute atomic E-state index is 0.119. The lowest BCUT2D eigenvalue weighted by Gasteiger charge is -2.60. The van der Waals surface area contributed by atoms with Crippen molar-refractivity contribution in [2.24, 2.45) is 0 Å². The topological polar surface area (TPSA) is 76.8 Å². The van der Waals surface area contributed by atoms with Crippen LogP contribution in [-0.2, 0) is 11.3 Å². The van der Waals surface area contributed by atoms with Gasteiger partial charge in [-0.05, 0) is 52.5 Å². The molecule has 6 nitrogen and oxygen atoms in total. The fourth-order valence-corrected chi connectivity index (χ4v) is 4.43. The number of carbonyl (C=O) groups is 1. The molecule has 28 heavy (non-hydrogen) atoms. The standard InChI is InChI=1S/C22H31N3O3/c1-17-9-8-12-21(14-23,25(17)13-18-10-6-5-7-11-18)22(27)15-24(16-22)19(26)28-20(2,3)4/h5-7,10-11,17,27H,8-9,12-13,15-16H2,1-4H3/t17-,21+/m0/s1. The highest BCUT2D eigenvalue weighted by Crippen LogP contribution is 2.45. The van der Waals surface area contributed by atoms with E-state index in [0.717, 1.165) is 18.4 Å². The molecule has 3 rings (SSSR count). The number of aliphatic hydroxyl groups is 1. The van der Waals surface area contributed by atoms with Gasteiger partial charge in [-0.15, -0.1) is 0 Å². The number of carbonyl (C=O) groups excluding carboxylic acids is 1. The molecule has 2 fully saturated rings. The van der Waals surface area contributed by atoms with Crippen LogP contribution in [0.2, 0.25) is 0 Å². The summed E-state index contributed by atoms with van der Waals surface area (Å²) in [5.74, 6) is 0. The smallest absolute Gasteiger partial charge is 0.410 e. The summed E-state index contributed by atoms with van der Waals surface area (Å²) < 4.78 is 5.41. The summed E-state index contributed by atoms with van der Waals surface area (Å²) in [5, 5.41) is 21.7. The van der Waals surface area contributed by atoms with Crippen molar-refractivity contribution in [1.29, 1.82) is 5.26 Å². The molecule has 0 aliphatic carbocycles. The highest BCUT2D eigenvalue weighted by molar-refractivity contribution is 5.70. The molecule has 1 aromatic carbocycles. The Hall–Kier alpha value is -2.10. The number of likely N-dealkylation sites (tertiary alicyclic amines) is 2. The molecular formula is C22H31N3O3. The number of nitriles is 1. The molecular weight excluding hydrogens is 354 g/mol. The molecule has 1 amide bonds. The van der Waals surface area contributed by atoms with Gasteiger partial charge < -0.3 is 14.7 Å². The number of hydrogen-bond acceptors (Lipinski definition) is 5. The first kappa shape index (κ1) is 20.6. The van der Waals surface area contributed by atoms with Crippen LogP contribution in [0.1, 0.15) is 52.5 Å². The number of ether oxygens (including phenoxy) is 1. The summed E-state index contributed by atoms with van der Waals surface area (Å²) in [6.45, 7) is 8.40. The maximum atomic E-state index is 12.3. The van der Waals surface area contributed by atoms with Crippen LogP contribution >= 0.6 is 0 Å². The molecule has 1 aromatic rings. The minimum atomic E-state index is -1.26. The van der Waals surface area contributed by atoms with E-state index in [9.17, 15) is 15.2 Å². The van der Waals surface area contributed by atoms with Crippen molar-refractivity contribution in [2.45, 2.75) is 76.3 Å². The van der Waals surface area contributed by atoms with E-state index in [1.165, 1.54) is 4.90 Å². The van der Waals surface area contributed by atoms with Gasteiger partial charge in [-0.2, -0.15) is 5.26 Å². The van der Waals surface area contributed by atoms with Gasteiger partial charge in [0.15, 0.2) is 0 Å². The predicted molar refractivity (Wildman–Crippen MR) is 106 cm³/mol. The number of amides is 1. The molecule has 0 saturated carbocycles. The summed E-state index contributed by atoms with van der Waals surface area (Å²) in [4.78, 5) is 16.0. The van der Waals surface area contributed by atoms with Crippen molar-refractivity contribution in [3.8, 4) is 6.07 Å². The molecule has 2 saturated heterocycles. The van der Waals surface area contributed by atoms with Gasteiger partial charge in [-0.3, -0.25) is 4.90 Å². The quantitative estimate of drug-likeness (QED) is 0.864. The minimum Gasteiger partial charge on any atom is -0.444 e. The van der Waals surface area contributed by atoms with Crippen LogP contribution in [0, 0.1) is 11.3 Å². The Morgan fingerprint density at radius 3 is 2.54 bits per heavy atom. The monoisotopic (exact) mass is 385 g/mol. The highest BCUT2D eigenvalue weighted by atomic mass is 16.6. The fourth-order valence-electron chi connectivity index (χ4n) is 4.43. The van der Waals surface area contributed by atoms with Crippen molar-refractivity contribution >= 4 is 6.09 Å². The molecule has 0 bridgehead atoms. The number of rotatable bonds is 3. The van der Waals surface area contributed by atoms with Crippen LogP contribution in [0.3, 0.4) is 0 Å². The van der Waals surface area contributed by atoms with Crippen LogP contribution < -0.4 is 0 Å². The molecule has 0 radical (unpaired) electrons. The largest absolute Gasteiger partial charge is 0.444 e. The van der Waals surface area contributed by atoms with E-state index in [-0.39, 0.29) is 19.1 Å². The van der Waals surface area contributed by atoms with E-state index in [1.807, 2.05) is 51.1 Å². The van der Waals surface area contributed by atoms with E-state index in [4.69, 9.17) is 4.74 Å². The average Bonchev–Trinajstić information content (AvgIpc) is 2.60. The maximum absolute atomic E-state index is 12.3. The summed E-state index contributed by atoms with van der Waals surface area (Å²) in [6, 6.07) is 12.7. The zero-order valence-corrected chi connectivity index (χ0v) is 17.3. The third kappa shape index (κ3) is 3.74. The van der Waals surface area contributed by atoms with Crippen LogP contribution in [0.5, 0.6) is 0 Å². The van der Waals surface area contributed by atoms with Crippen LogP contribution in [0.25, 0.3) is 0 Å². The zero-order valence-electron chi connectivity index (χ0n) is 17.3. The molecule has 2 atom stereocenters. The predicted octanol–water partition coefficient (Wildman–Crippen LogP) is 3.31. The Morgan fingerprint density at radius 2 is 1.96 bits per heavy atom. The normalized spacial score (nSPS) is 27.6. The molecule has 0 aromatic heterocycles. The summed E-state index contributed by atoms with van der Waals surface area (Å²) in [7, 11) is 0. The van der Waals surface area contributed by atoms with E-state index >= 15 is 0 Å². The molecule has 6 heteroatoms. The third-order valence-corrected chi connectivity index (χ3v) is 5.89. The van der Waals surface area contributed by atoms with E-state index < -0.39 is 22.8 Å². The molecule has 2 aliphatic rings. The SMILES string of the molecule is C[C@H]1CCC[C@@](C#N)(C2(O)CN(C(=O)OC(C)(C)C)C2)N1Cc1ccccc1. The Morgan fingerprint density at radius 1 is 1.32 bits per heavy atom. The van der Waals surface area contributed by atoms with Gasteiger partial charge in [0.05, 0.1) is 19.2 Å². The van der Waals surface area contributed by atoms with Crippen LogP contribution in [-0.4, -0.2) is 56.9 Å². The van der Waals surface area contributed by atoms with Gasteiger partial charge in [-0.25, -0.2) is 4.79 Å². The first-order chi connectivity index (χ1) is 13.1. The lowest BCUT2D eigenvalue weighted by Crippen LogP contribution is -2.79. The summed E-state index contributed by atoms with van der Waals surface area (Å²) in [5.41, 5.74) is -1.75. The lowest BCUT2D eigenvalue weighted by molar-refractivity contribution is -0.186. The zero-order chi connectivity index (χ0) is 20.6. The Kier molecular flexibility index (Phi) is 5.44. The van der Waals surface area contributed by atoms with Crippen molar-refractivity contribution < 1.29 is 14.6 Å². The van der Waals surface area contributed by atoms with Gasteiger partial charge in [0.25, 0.3) is 0 Å².